The molecular weight excluding hydrogens is 200 g/mol. The van der Waals surface area contributed by atoms with E-state index >= 15 is 0 Å². The summed E-state index contributed by atoms with van der Waals surface area (Å²) < 4.78 is 5.51. The standard InChI is InChI=1S/C14H14O2/c1-3-5-12(4-2)11-16-14-8-6-13(10-15)7-9-14/h3-10H,1-2,11H2/b12-5+. The maximum Gasteiger partial charge on any atom is 0.150 e. The number of allylic oxidation sites excluding steroid dienone is 2. The monoisotopic (exact) mass is 214 g/mol. The molecule has 0 bridgehead atoms. The first-order chi connectivity index (χ1) is 7.80. The smallest absolute Gasteiger partial charge is 0.150 e. The Kier molecular flexibility index (Phi) is 4.80. The summed E-state index contributed by atoms with van der Waals surface area (Å²) in [5.41, 5.74) is 1.59. The lowest BCUT2D eigenvalue weighted by atomic mass is 10.2. The Morgan fingerprint density at radius 2 is 1.94 bits per heavy atom. The van der Waals surface area contributed by atoms with Gasteiger partial charge in [0.2, 0.25) is 0 Å². The quantitative estimate of drug-likeness (QED) is 0.537. The Balaban J connectivity index is 2.60. The average Bonchev–Trinajstić information content (AvgIpc) is 2.35. The second-order valence-corrected chi connectivity index (χ2v) is 3.16. The van der Waals surface area contributed by atoms with E-state index in [4.69, 9.17) is 4.74 Å². The molecule has 2 nitrogen and oxygen atoms in total. The molecule has 0 heterocycles. The van der Waals surface area contributed by atoms with Crippen LogP contribution in [0.25, 0.3) is 0 Å². The lowest BCUT2D eigenvalue weighted by Gasteiger charge is -2.06. The van der Waals surface area contributed by atoms with Crippen molar-refractivity contribution < 1.29 is 9.53 Å². The molecule has 82 valence electrons. The molecule has 0 aromatic heterocycles. The highest BCUT2D eigenvalue weighted by molar-refractivity contribution is 5.74. The van der Waals surface area contributed by atoms with Gasteiger partial charge in [-0.1, -0.05) is 31.4 Å². The highest BCUT2D eigenvalue weighted by Gasteiger charge is 1.95. The third-order valence-corrected chi connectivity index (χ3v) is 2.02. The predicted octanol–water partition coefficient (Wildman–Crippen LogP) is 3.18. The van der Waals surface area contributed by atoms with Crippen LogP contribution in [-0.4, -0.2) is 12.9 Å². The lowest BCUT2D eigenvalue weighted by Crippen LogP contribution is -1.99. The van der Waals surface area contributed by atoms with Gasteiger partial charge in [0.15, 0.2) is 0 Å². The predicted molar refractivity (Wildman–Crippen MR) is 65.8 cm³/mol. The fourth-order valence-electron chi connectivity index (χ4n) is 1.14. The Bertz CT molecular complexity index is 399. The van der Waals surface area contributed by atoms with Crippen molar-refractivity contribution in [1.82, 2.24) is 0 Å². The van der Waals surface area contributed by atoms with Crippen molar-refractivity contribution in [2.24, 2.45) is 0 Å². The Morgan fingerprint density at radius 1 is 1.25 bits per heavy atom. The van der Waals surface area contributed by atoms with Gasteiger partial charge in [0.1, 0.15) is 18.6 Å². The molecule has 0 amide bonds. The number of hydrogen-bond acceptors (Lipinski definition) is 2. The van der Waals surface area contributed by atoms with E-state index in [0.29, 0.717) is 12.2 Å². The zero-order valence-electron chi connectivity index (χ0n) is 9.06. The maximum absolute atomic E-state index is 10.4. The van der Waals surface area contributed by atoms with Crippen molar-refractivity contribution in [3.05, 3.63) is 66.8 Å². The summed E-state index contributed by atoms with van der Waals surface area (Å²) >= 11 is 0. The molecule has 0 fully saturated rings. The van der Waals surface area contributed by atoms with E-state index in [1.807, 2.05) is 6.08 Å². The maximum atomic E-state index is 10.4. The zero-order chi connectivity index (χ0) is 11.8. The second kappa shape index (κ2) is 6.40. The molecule has 0 N–H and O–H groups in total. The Hall–Kier alpha value is -2.09. The fourth-order valence-corrected chi connectivity index (χ4v) is 1.14. The van der Waals surface area contributed by atoms with E-state index in [9.17, 15) is 4.79 Å². The average molecular weight is 214 g/mol. The molecule has 1 aromatic rings. The molecule has 0 saturated carbocycles. The first-order valence-corrected chi connectivity index (χ1v) is 4.92. The number of ether oxygens (including phenoxy) is 1. The number of hydrogen-bond donors (Lipinski definition) is 0. The second-order valence-electron chi connectivity index (χ2n) is 3.16. The molecule has 0 aliphatic carbocycles. The van der Waals surface area contributed by atoms with Gasteiger partial charge in [-0.3, -0.25) is 4.79 Å². The molecule has 1 aromatic carbocycles. The van der Waals surface area contributed by atoms with E-state index in [2.05, 4.69) is 13.2 Å². The van der Waals surface area contributed by atoms with Gasteiger partial charge in [-0.15, -0.1) is 0 Å². The van der Waals surface area contributed by atoms with Gasteiger partial charge in [-0.2, -0.15) is 0 Å². The van der Waals surface area contributed by atoms with Crippen LogP contribution in [0.5, 0.6) is 5.75 Å². The van der Waals surface area contributed by atoms with Crippen LogP contribution in [0.15, 0.2) is 61.2 Å². The first kappa shape index (κ1) is 12.0. The van der Waals surface area contributed by atoms with Crippen molar-refractivity contribution in [3.63, 3.8) is 0 Å². The summed E-state index contributed by atoms with van der Waals surface area (Å²) in [6, 6.07) is 6.96. The van der Waals surface area contributed by atoms with Crippen LogP contribution < -0.4 is 4.74 Å². The summed E-state index contributed by atoms with van der Waals surface area (Å²) in [7, 11) is 0. The molecular formula is C14H14O2. The fraction of sp³-hybridized carbons (Fsp3) is 0.0714. The van der Waals surface area contributed by atoms with Crippen molar-refractivity contribution in [1.29, 1.82) is 0 Å². The largest absolute Gasteiger partial charge is 0.489 e. The summed E-state index contributed by atoms with van der Waals surface area (Å²) in [5.74, 6) is 0.724. The highest BCUT2D eigenvalue weighted by Crippen LogP contribution is 2.12. The Labute approximate surface area is 95.6 Å². The van der Waals surface area contributed by atoms with Crippen molar-refractivity contribution in [3.8, 4) is 5.75 Å². The molecule has 0 unspecified atom stereocenters. The highest BCUT2D eigenvalue weighted by atomic mass is 16.5. The number of carbonyl (C=O) groups excluding carboxylic acids is 1. The zero-order valence-corrected chi connectivity index (χ0v) is 9.06. The van der Waals surface area contributed by atoms with Gasteiger partial charge < -0.3 is 4.74 Å². The number of benzene rings is 1. The van der Waals surface area contributed by atoms with Gasteiger partial charge in [0.05, 0.1) is 0 Å². The molecule has 1 rings (SSSR count). The van der Waals surface area contributed by atoms with E-state index in [1.165, 1.54) is 0 Å². The van der Waals surface area contributed by atoms with E-state index in [-0.39, 0.29) is 0 Å². The van der Waals surface area contributed by atoms with Gasteiger partial charge in [-0.25, -0.2) is 0 Å². The SMILES string of the molecule is C=C/C=C(\C=C)COc1ccc(C=O)cc1. The van der Waals surface area contributed by atoms with Crippen LogP contribution >= 0.6 is 0 Å². The topological polar surface area (TPSA) is 26.3 Å². The van der Waals surface area contributed by atoms with Crippen LogP contribution in [0.1, 0.15) is 10.4 Å². The van der Waals surface area contributed by atoms with Gasteiger partial charge in [-0.05, 0) is 29.8 Å². The minimum absolute atomic E-state index is 0.440. The molecule has 16 heavy (non-hydrogen) atoms. The Morgan fingerprint density at radius 3 is 2.44 bits per heavy atom. The lowest BCUT2D eigenvalue weighted by molar-refractivity contribution is 0.112. The van der Waals surface area contributed by atoms with Crippen molar-refractivity contribution >= 4 is 6.29 Å². The molecule has 2 heteroatoms. The molecule has 0 aliphatic heterocycles. The number of rotatable bonds is 6. The minimum atomic E-state index is 0.440. The van der Waals surface area contributed by atoms with Crippen LogP contribution in [0.2, 0.25) is 0 Å². The summed E-state index contributed by atoms with van der Waals surface area (Å²) in [6.07, 6.45) is 6.06. The summed E-state index contributed by atoms with van der Waals surface area (Å²) in [4.78, 5) is 10.4. The van der Waals surface area contributed by atoms with Gasteiger partial charge in [0.25, 0.3) is 0 Å². The third kappa shape index (κ3) is 3.58. The van der Waals surface area contributed by atoms with Gasteiger partial charge >= 0.3 is 0 Å². The van der Waals surface area contributed by atoms with E-state index in [1.54, 1.807) is 36.4 Å². The molecule has 0 radical (unpaired) electrons. The molecule has 0 atom stereocenters. The van der Waals surface area contributed by atoms with Gasteiger partial charge in [0, 0.05) is 5.56 Å². The molecule has 0 saturated heterocycles. The van der Waals surface area contributed by atoms with Crippen LogP contribution in [-0.2, 0) is 0 Å². The van der Waals surface area contributed by atoms with E-state index in [0.717, 1.165) is 17.6 Å². The first-order valence-electron chi connectivity index (χ1n) is 4.92. The van der Waals surface area contributed by atoms with Crippen LogP contribution in [0.3, 0.4) is 0 Å². The van der Waals surface area contributed by atoms with Crippen LogP contribution in [0.4, 0.5) is 0 Å². The normalized spacial score (nSPS) is 10.6. The van der Waals surface area contributed by atoms with Crippen LogP contribution in [0, 0.1) is 0 Å². The molecule has 0 aliphatic rings. The summed E-state index contributed by atoms with van der Waals surface area (Å²) in [6.45, 7) is 7.72. The van der Waals surface area contributed by atoms with Crippen molar-refractivity contribution in [2.75, 3.05) is 6.61 Å². The number of carbonyl (C=O) groups is 1. The summed E-state index contributed by atoms with van der Waals surface area (Å²) in [5, 5.41) is 0. The molecule has 0 spiro atoms. The number of aldehydes is 1. The van der Waals surface area contributed by atoms with Crippen molar-refractivity contribution in [2.45, 2.75) is 0 Å². The minimum Gasteiger partial charge on any atom is -0.489 e. The van der Waals surface area contributed by atoms with E-state index < -0.39 is 0 Å². The third-order valence-electron chi connectivity index (χ3n) is 2.02.